The van der Waals surface area contributed by atoms with Crippen LogP contribution in [0.1, 0.15) is 42.7 Å². The SMILES string of the molecule is CC(C)NS(=O)(=O)c1cccc(C(=O)NC(C)c2ccccc2Cl)c1. The highest BCUT2D eigenvalue weighted by Gasteiger charge is 2.18. The predicted octanol–water partition coefficient (Wildman–Crippen LogP) is 3.52. The second-order valence-corrected chi connectivity index (χ2v) is 8.14. The number of benzene rings is 2. The van der Waals surface area contributed by atoms with Crippen molar-refractivity contribution in [3.05, 3.63) is 64.7 Å². The third-order valence-electron chi connectivity index (χ3n) is 3.52. The van der Waals surface area contributed by atoms with Gasteiger partial charge in [0.05, 0.1) is 10.9 Å². The van der Waals surface area contributed by atoms with Crippen molar-refractivity contribution in [2.24, 2.45) is 0 Å². The summed E-state index contributed by atoms with van der Waals surface area (Å²) in [5.41, 5.74) is 1.06. The second kappa shape index (κ2) is 7.99. The summed E-state index contributed by atoms with van der Waals surface area (Å²) in [6, 6.07) is 12.6. The Balaban J connectivity index is 2.20. The number of amides is 1. The fraction of sp³-hybridized carbons (Fsp3) is 0.278. The van der Waals surface area contributed by atoms with Crippen molar-refractivity contribution in [2.75, 3.05) is 0 Å². The quantitative estimate of drug-likeness (QED) is 0.805. The highest BCUT2D eigenvalue weighted by Crippen LogP contribution is 2.22. The molecule has 0 saturated heterocycles. The maximum absolute atomic E-state index is 12.5. The van der Waals surface area contributed by atoms with E-state index in [2.05, 4.69) is 10.0 Å². The topological polar surface area (TPSA) is 75.3 Å². The molecule has 2 aromatic rings. The molecule has 0 aliphatic carbocycles. The molecule has 134 valence electrons. The van der Waals surface area contributed by atoms with E-state index in [1.54, 1.807) is 32.0 Å². The molecule has 0 aliphatic heterocycles. The summed E-state index contributed by atoms with van der Waals surface area (Å²) in [5.74, 6) is -0.367. The number of hydrogen-bond donors (Lipinski definition) is 2. The van der Waals surface area contributed by atoms with Crippen LogP contribution in [0.2, 0.25) is 5.02 Å². The smallest absolute Gasteiger partial charge is 0.251 e. The zero-order valence-corrected chi connectivity index (χ0v) is 15.9. The number of sulfonamides is 1. The van der Waals surface area contributed by atoms with Gasteiger partial charge in [-0.2, -0.15) is 0 Å². The van der Waals surface area contributed by atoms with Gasteiger partial charge < -0.3 is 5.32 Å². The molecule has 1 amide bonds. The summed E-state index contributed by atoms with van der Waals surface area (Å²) in [6.45, 7) is 5.29. The lowest BCUT2D eigenvalue weighted by atomic mass is 10.1. The van der Waals surface area contributed by atoms with Crippen LogP contribution in [0.5, 0.6) is 0 Å². The van der Waals surface area contributed by atoms with Crippen molar-refractivity contribution in [3.8, 4) is 0 Å². The lowest BCUT2D eigenvalue weighted by Gasteiger charge is -2.16. The maximum Gasteiger partial charge on any atom is 0.251 e. The number of carbonyl (C=O) groups is 1. The van der Waals surface area contributed by atoms with Gasteiger partial charge in [-0.05, 0) is 50.6 Å². The van der Waals surface area contributed by atoms with Crippen molar-refractivity contribution in [2.45, 2.75) is 37.8 Å². The molecule has 5 nitrogen and oxygen atoms in total. The first-order valence-electron chi connectivity index (χ1n) is 7.88. The highest BCUT2D eigenvalue weighted by molar-refractivity contribution is 7.89. The maximum atomic E-state index is 12.5. The van der Waals surface area contributed by atoms with Gasteiger partial charge in [-0.1, -0.05) is 35.9 Å². The summed E-state index contributed by atoms with van der Waals surface area (Å²) in [4.78, 5) is 12.5. The van der Waals surface area contributed by atoms with Gasteiger partial charge in [0.15, 0.2) is 0 Å². The van der Waals surface area contributed by atoms with Gasteiger partial charge in [0, 0.05) is 16.6 Å². The Kier molecular flexibility index (Phi) is 6.21. The van der Waals surface area contributed by atoms with E-state index < -0.39 is 10.0 Å². The van der Waals surface area contributed by atoms with Crippen molar-refractivity contribution >= 4 is 27.5 Å². The Labute approximate surface area is 153 Å². The van der Waals surface area contributed by atoms with E-state index in [1.165, 1.54) is 12.1 Å². The molecule has 2 N–H and O–H groups in total. The van der Waals surface area contributed by atoms with E-state index in [9.17, 15) is 13.2 Å². The number of hydrogen-bond acceptors (Lipinski definition) is 3. The molecule has 2 rings (SSSR count). The molecule has 7 heteroatoms. The van der Waals surface area contributed by atoms with Gasteiger partial charge in [-0.15, -0.1) is 0 Å². The minimum Gasteiger partial charge on any atom is -0.345 e. The van der Waals surface area contributed by atoms with E-state index >= 15 is 0 Å². The Hall–Kier alpha value is -1.89. The van der Waals surface area contributed by atoms with Crippen molar-refractivity contribution in [1.29, 1.82) is 0 Å². The molecule has 0 bridgehead atoms. The summed E-state index contributed by atoms with van der Waals surface area (Å²) in [7, 11) is -3.65. The first-order valence-corrected chi connectivity index (χ1v) is 9.74. The van der Waals surface area contributed by atoms with E-state index in [4.69, 9.17) is 11.6 Å². The van der Waals surface area contributed by atoms with Crippen molar-refractivity contribution < 1.29 is 13.2 Å². The van der Waals surface area contributed by atoms with Crippen LogP contribution in [0.15, 0.2) is 53.4 Å². The number of nitrogens with one attached hydrogen (secondary N) is 2. The van der Waals surface area contributed by atoms with Crippen LogP contribution in [0.3, 0.4) is 0 Å². The zero-order chi connectivity index (χ0) is 18.6. The molecule has 0 radical (unpaired) electrons. The van der Waals surface area contributed by atoms with Gasteiger partial charge in [0.2, 0.25) is 10.0 Å². The van der Waals surface area contributed by atoms with Gasteiger partial charge >= 0.3 is 0 Å². The monoisotopic (exact) mass is 380 g/mol. The summed E-state index contributed by atoms with van der Waals surface area (Å²) in [6.07, 6.45) is 0. The largest absolute Gasteiger partial charge is 0.345 e. The van der Waals surface area contributed by atoms with Gasteiger partial charge in [0.25, 0.3) is 5.91 Å². The van der Waals surface area contributed by atoms with Crippen LogP contribution in [-0.2, 0) is 10.0 Å². The van der Waals surface area contributed by atoms with E-state index in [-0.39, 0.29) is 28.4 Å². The minimum absolute atomic E-state index is 0.0549. The summed E-state index contributed by atoms with van der Waals surface area (Å²) in [5, 5.41) is 3.40. The number of rotatable bonds is 6. The first kappa shape index (κ1) is 19.4. The van der Waals surface area contributed by atoms with E-state index in [1.807, 2.05) is 25.1 Å². The summed E-state index contributed by atoms with van der Waals surface area (Å²) >= 11 is 6.14. The average molecular weight is 381 g/mol. The second-order valence-electron chi connectivity index (χ2n) is 6.02. The van der Waals surface area contributed by atoms with Gasteiger partial charge in [-0.3, -0.25) is 4.79 Å². The van der Waals surface area contributed by atoms with Crippen molar-refractivity contribution in [3.63, 3.8) is 0 Å². The van der Waals surface area contributed by atoms with E-state index in [0.717, 1.165) is 5.56 Å². The number of halogens is 1. The Morgan fingerprint density at radius 1 is 1.04 bits per heavy atom. The molecule has 1 unspecified atom stereocenters. The highest BCUT2D eigenvalue weighted by atomic mass is 35.5. The Morgan fingerprint density at radius 3 is 2.36 bits per heavy atom. The average Bonchev–Trinajstić information content (AvgIpc) is 2.54. The molecule has 1 atom stereocenters. The predicted molar refractivity (Wildman–Crippen MR) is 99.2 cm³/mol. The molecule has 0 aromatic heterocycles. The molecule has 0 heterocycles. The van der Waals surface area contributed by atoms with Crippen LogP contribution in [0.25, 0.3) is 0 Å². The van der Waals surface area contributed by atoms with Crippen LogP contribution in [0, 0.1) is 0 Å². The molecule has 0 spiro atoms. The Bertz CT molecular complexity index is 866. The fourth-order valence-electron chi connectivity index (χ4n) is 2.37. The molecule has 0 aliphatic rings. The third kappa shape index (κ3) is 5.04. The Morgan fingerprint density at radius 2 is 1.72 bits per heavy atom. The fourth-order valence-corrected chi connectivity index (χ4v) is 3.96. The molecule has 2 aromatic carbocycles. The van der Waals surface area contributed by atoms with Crippen LogP contribution in [-0.4, -0.2) is 20.4 Å². The van der Waals surface area contributed by atoms with E-state index in [0.29, 0.717) is 5.02 Å². The van der Waals surface area contributed by atoms with Gasteiger partial charge in [-0.25, -0.2) is 13.1 Å². The minimum atomic E-state index is -3.65. The van der Waals surface area contributed by atoms with Crippen LogP contribution >= 0.6 is 11.6 Å². The van der Waals surface area contributed by atoms with Crippen LogP contribution in [0.4, 0.5) is 0 Å². The van der Waals surface area contributed by atoms with Gasteiger partial charge in [0.1, 0.15) is 0 Å². The standard InChI is InChI=1S/C18H21ClN2O3S/c1-12(2)21-25(23,24)15-8-6-7-14(11-15)18(22)20-13(3)16-9-4-5-10-17(16)19/h4-13,21H,1-3H3,(H,20,22). The lowest BCUT2D eigenvalue weighted by Crippen LogP contribution is -2.31. The molecular weight excluding hydrogens is 360 g/mol. The number of carbonyl (C=O) groups excluding carboxylic acids is 1. The van der Waals surface area contributed by atoms with Crippen LogP contribution < -0.4 is 10.0 Å². The molecular formula is C18H21ClN2O3S. The first-order chi connectivity index (χ1) is 11.7. The lowest BCUT2D eigenvalue weighted by molar-refractivity contribution is 0.0939. The normalized spacial score (nSPS) is 12.8. The zero-order valence-electron chi connectivity index (χ0n) is 14.3. The summed E-state index contributed by atoms with van der Waals surface area (Å²) < 4.78 is 27.0. The molecule has 25 heavy (non-hydrogen) atoms. The third-order valence-corrected chi connectivity index (χ3v) is 5.52. The van der Waals surface area contributed by atoms with Crippen molar-refractivity contribution in [1.82, 2.24) is 10.0 Å². The molecule has 0 fully saturated rings. The molecule has 0 saturated carbocycles.